The summed E-state index contributed by atoms with van der Waals surface area (Å²) in [5, 5.41) is 14.5. The van der Waals surface area contributed by atoms with Crippen LogP contribution < -0.4 is 10.2 Å². The molecule has 1 fully saturated rings. The zero-order chi connectivity index (χ0) is 13.9. The summed E-state index contributed by atoms with van der Waals surface area (Å²) in [5.74, 6) is 1.71. The highest BCUT2D eigenvalue weighted by molar-refractivity contribution is 7.15. The molecular formula is C14H22N4OS. The number of imidazole rings is 1. The molecule has 0 spiro atoms. The van der Waals surface area contributed by atoms with Crippen LogP contribution in [0, 0.1) is 5.92 Å². The maximum Gasteiger partial charge on any atom is 0.195 e. The summed E-state index contributed by atoms with van der Waals surface area (Å²) in [4.78, 5) is 8.28. The van der Waals surface area contributed by atoms with Gasteiger partial charge in [0.15, 0.2) is 10.8 Å². The summed E-state index contributed by atoms with van der Waals surface area (Å²) in [6.45, 7) is 3.21. The van der Waals surface area contributed by atoms with Crippen LogP contribution in [0.5, 0.6) is 0 Å². The number of aromatic nitrogens is 2. The van der Waals surface area contributed by atoms with Crippen molar-refractivity contribution < 1.29 is 5.11 Å². The summed E-state index contributed by atoms with van der Waals surface area (Å²) in [6.07, 6.45) is 5.41. The van der Waals surface area contributed by atoms with Crippen molar-refractivity contribution in [1.29, 1.82) is 0 Å². The van der Waals surface area contributed by atoms with E-state index in [-0.39, 0.29) is 0 Å². The third-order valence-corrected chi connectivity index (χ3v) is 4.80. The smallest absolute Gasteiger partial charge is 0.195 e. The van der Waals surface area contributed by atoms with E-state index in [0.717, 1.165) is 36.8 Å². The van der Waals surface area contributed by atoms with Crippen LogP contribution in [-0.4, -0.2) is 41.2 Å². The summed E-state index contributed by atoms with van der Waals surface area (Å²) in [7, 11) is 1.97. The quantitative estimate of drug-likeness (QED) is 0.881. The van der Waals surface area contributed by atoms with Crippen molar-refractivity contribution in [3.05, 3.63) is 17.3 Å². The van der Waals surface area contributed by atoms with Gasteiger partial charge in [-0.1, -0.05) is 0 Å². The second kappa shape index (κ2) is 6.11. The molecule has 2 N–H and O–H groups in total. The van der Waals surface area contributed by atoms with Gasteiger partial charge in [0.05, 0.1) is 5.69 Å². The molecule has 2 aromatic heterocycles. The van der Waals surface area contributed by atoms with E-state index in [0.29, 0.717) is 12.5 Å². The fourth-order valence-corrected chi connectivity index (χ4v) is 3.81. The molecule has 1 atom stereocenters. The molecule has 3 heterocycles. The first-order valence-electron chi connectivity index (χ1n) is 7.28. The lowest BCUT2D eigenvalue weighted by molar-refractivity contribution is 0.244. The summed E-state index contributed by atoms with van der Waals surface area (Å²) in [6, 6.07) is 0. The number of piperidine rings is 1. The van der Waals surface area contributed by atoms with Crippen molar-refractivity contribution in [2.75, 3.05) is 31.6 Å². The molecule has 3 rings (SSSR count). The van der Waals surface area contributed by atoms with E-state index in [9.17, 15) is 0 Å². The Morgan fingerprint density at radius 3 is 3.25 bits per heavy atom. The normalized spacial score (nSPS) is 19.9. The van der Waals surface area contributed by atoms with E-state index >= 15 is 0 Å². The van der Waals surface area contributed by atoms with Crippen LogP contribution in [-0.2, 0) is 6.54 Å². The average molecular weight is 294 g/mol. The average Bonchev–Trinajstić information content (AvgIpc) is 3.02. The number of aliphatic hydroxyl groups excluding tert-OH is 1. The Morgan fingerprint density at radius 2 is 2.45 bits per heavy atom. The zero-order valence-electron chi connectivity index (χ0n) is 11.9. The molecule has 1 aliphatic rings. The maximum atomic E-state index is 9.15. The van der Waals surface area contributed by atoms with Crippen LogP contribution in [0.3, 0.4) is 0 Å². The zero-order valence-corrected chi connectivity index (χ0v) is 12.7. The van der Waals surface area contributed by atoms with Crippen molar-refractivity contribution in [2.24, 2.45) is 5.92 Å². The number of nitrogens with zero attached hydrogens (tertiary/aromatic N) is 3. The van der Waals surface area contributed by atoms with Gasteiger partial charge >= 0.3 is 0 Å². The third-order valence-electron chi connectivity index (χ3n) is 4.04. The lowest BCUT2D eigenvalue weighted by Crippen LogP contribution is -2.36. The van der Waals surface area contributed by atoms with Gasteiger partial charge < -0.3 is 15.3 Å². The van der Waals surface area contributed by atoms with Crippen LogP contribution in [0.25, 0.3) is 4.96 Å². The van der Waals surface area contributed by atoms with E-state index < -0.39 is 0 Å². The van der Waals surface area contributed by atoms with E-state index in [1.54, 1.807) is 11.3 Å². The van der Waals surface area contributed by atoms with Crippen LogP contribution >= 0.6 is 11.3 Å². The minimum Gasteiger partial charge on any atom is -0.396 e. The molecule has 1 aliphatic heterocycles. The first kappa shape index (κ1) is 13.9. The first-order chi connectivity index (χ1) is 9.83. The molecule has 20 heavy (non-hydrogen) atoms. The number of fused-ring (bicyclic) bond motifs is 1. The van der Waals surface area contributed by atoms with E-state index in [1.165, 1.54) is 18.5 Å². The molecule has 5 nitrogen and oxygen atoms in total. The molecule has 2 aromatic rings. The van der Waals surface area contributed by atoms with Crippen molar-refractivity contribution in [2.45, 2.75) is 25.8 Å². The predicted octanol–water partition coefficient (Wildman–Crippen LogP) is 1.71. The standard InChI is InChI=1S/C14H22N4OS/c1-15-9-12-13(16-14-18(12)6-8-20-14)17-5-2-3-11(10-17)4-7-19/h6,8,11,15,19H,2-5,7,9-10H2,1H3. The molecule has 0 amide bonds. The molecule has 6 heteroatoms. The Bertz CT molecular complexity index is 563. The SMILES string of the molecule is CNCc1c(N2CCCC(CCO)C2)nc2sccn12. The monoisotopic (exact) mass is 294 g/mol. The second-order valence-electron chi connectivity index (χ2n) is 5.43. The fourth-order valence-electron chi connectivity index (χ4n) is 3.08. The lowest BCUT2D eigenvalue weighted by Gasteiger charge is -2.33. The highest BCUT2D eigenvalue weighted by atomic mass is 32.1. The van der Waals surface area contributed by atoms with Crippen molar-refractivity contribution in [3.8, 4) is 0 Å². The summed E-state index contributed by atoms with van der Waals surface area (Å²) < 4.78 is 2.19. The van der Waals surface area contributed by atoms with Gasteiger partial charge in [0, 0.05) is 37.8 Å². The van der Waals surface area contributed by atoms with E-state index in [4.69, 9.17) is 10.1 Å². The highest BCUT2D eigenvalue weighted by Gasteiger charge is 2.24. The minimum atomic E-state index is 0.292. The number of hydrogen-bond acceptors (Lipinski definition) is 5. The van der Waals surface area contributed by atoms with Crippen molar-refractivity contribution in [1.82, 2.24) is 14.7 Å². The van der Waals surface area contributed by atoms with Crippen LogP contribution in [0.15, 0.2) is 11.6 Å². The lowest BCUT2D eigenvalue weighted by atomic mass is 9.95. The Labute approximate surface area is 123 Å². The van der Waals surface area contributed by atoms with Crippen LogP contribution in [0.4, 0.5) is 5.82 Å². The van der Waals surface area contributed by atoms with E-state index in [2.05, 4.69) is 26.2 Å². The molecule has 0 bridgehead atoms. The number of nitrogens with one attached hydrogen (secondary N) is 1. The molecule has 0 aliphatic carbocycles. The van der Waals surface area contributed by atoms with Gasteiger partial charge in [0.1, 0.15) is 0 Å². The largest absolute Gasteiger partial charge is 0.396 e. The molecule has 1 unspecified atom stereocenters. The number of aliphatic hydroxyl groups is 1. The van der Waals surface area contributed by atoms with Gasteiger partial charge in [-0.25, -0.2) is 4.98 Å². The predicted molar refractivity (Wildman–Crippen MR) is 82.5 cm³/mol. The Hall–Kier alpha value is -1.11. The van der Waals surface area contributed by atoms with Gasteiger partial charge in [-0.3, -0.25) is 4.40 Å². The van der Waals surface area contributed by atoms with Gasteiger partial charge in [-0.15, -0.1) is 11.3 Å². The summed E-state index contributed by atoms with van der Waals surface area (Å²) >= 11 is 1.68. The Morgan fingerprint density at radius 1 is 1.55 bits per heavy atom. The minimum absolute atomic E-state index is 0.292. The first-order valence-corrected chi connectivity index (χ1v) is 8.16. The van der Waals surface area contributed by atoms with Crippen LogP contribution in [0.2, 0.25) is 0 Å². The molecular weight excluding hydrogens is 272 g/mol. The Kier molecular flexibility index (Phi) is 4.24. The van der Waals surface area contributed by atoms with E-state index in [1.807, 2.05) is 7.05 Å². The maximum absolute atomic E-state index is 9.15. The van der Waals surface area contributed by atoms with Crippen molar-refractivity contribution >= 4 is 22.1 Å². The summed E-state index contributed by atoms with van der Waals surface area (Å²) in [5.41, 5.74) is 1.24. The number of anilines is 1. The van der Waals surface area contributed by atoms with Gasteiger partial charge in [-0.05, 0) is 32.2 Å². The molecule has 0 saturated carbocycles. The third kappa shape index (κ3) is 2.55. The van der Waals surface area contributed by atoms with Crippen molar-refractivity contribution in [3.63, 3.8) is 0 Å². The number of rotatable bonds is 5. The molecule has 110 valence electrons. The molecule has 1 saturated heterocycles. The number of hydrogen-bond donors (Lipinski definition) is 2. The van der Waals surface area contributed by atoms with Crippen LogP contribution in [0.1, 0.15) is 25.0 Å². The second-order valence-corrected chi connectivity index (χ2v) is 6.31. The topological polar surface area (TPSA) is 52.8 Å². The number of thiazole rings is 1. The Balaban J connectivity index is 1.88. The van der Waals surface area contributed by atoms with Gasteiger partial charge in [-0.2, -0.15) is 0 Å². The molecule has 0 aromatic carbocycles. The van der Waals surface area contributed by atoms with Gasteiger partial charge in [0.25, 0.3) is 0 Å². The highest BCUT2D eigenvalue weighted by Crippen LogP contribution is 2.29. The van der Waals surface area contributed by atoms with Gasteiger partial charge in [0.2, 0.25) is 0 Å². The fraction of sp³-hybridized carbons (Fsp3) is 0.643. The molecule has 0 radical (unpaired) electrons.